The van der Waals surface area contributed by atoms with Gasteiger partial charge < -0.3 is 5.32 Å². The van der Waals surface area contributed by atoms with E-state index in [9.17, 15) is 17.6 Å². The fourth-order valence-corrected chi connectivity index (χ4v) is 2.51. The van der Waals surface area contributed by atoms with Gasteiger partial charge in [-0.15, -0.1) is 0 Å². The quantitative estimate of drug-likeness (QED) is 0.853. The van der Waals surface area contributed by atoms with Crippen molar-refractivity contribution in [3.63, 3.8) is 0 Å². The van der Waals surface area contributed by atoms with E-state index in [1.807, 2.05) is 0 Å². The zero-order chi connectivity index (χ0) is 13.8. The maximum Gasteiger partial charge on any atom is 0.243 e. The Balaban J connectivity index is 3.02. The van der Waals surface area contributed by atoms with Gasteiger partial charge in [0, 0.05) is 19.2 Å². The Kier molecular flexibility index (Phi) is 4.80. The molecule has 0 aliphatic carbocycles. The molecule has 0 atom stereocenters. The number of hydrogen-bond donors (Lipinski definition) is 2. The van der Waals surface area contributed by atoms with Crippen molar-refractivity contribution in [3.05, 3.63) is 24.0 Å². The number of carbonyl (C=O) groups is 1. The van der Waals surface area contributed by atoms with Crippen LogP contribution in [0.5, 0.6) is 0 Å². The first-order valence-electron chi connectivity index (χ1n) is 5.43. The molecule has 2 N–H and O–H groups in total. The summed E-state index contributed by atoms with van der Waals surface area (Å²) in [5.74, 6) is -1.25. The molecule has 0 saturated heterocycles. The van der Waals surface area contributed by atoms with Crippen LogP contribution in [-0.4, -0.2) is 20.9 Å². The second kappa shape index (κ2) is 5.92. The predicted molar refractivity (Wildman–Crippen MR) is 66.2 cm³/mol. The Morgan fingerprint density at radius 1 is 1.39 bits per heavy atom. The molecule has 0 bridgehead atoms. The minimum absolute atomic E-state index is 0.217. The van der Waals surface area contributed by atoms with E-state index in [0.717, 1.165) is 12.1 Å². The molecule has 0 aliphatic heterocycles. The summed E-state index contributed by atoms with van der Waals surface area (Å²) < 4.78 is 39.3. The lowest BCUT2D eigenvalue weighted by Crippen LogP contribution is -2.25. The second-order valence-electron chi connectivity index (χ2n) is 3.72. The van der Waals surface area contributed by atoms with Gasteiger partial charge in [-0.3, -0.25) is 4.79 Å². The molecule has 0 spiro atoms. The fourth-order valence-electron chi connectivity index (χ4n) is 1.31. The topological polar surface area (TPSA) is 75.3 Å². The highest BCUT2D eigenvalue weighted by Crippen LogP contribution is 2.18. The highest BCUT2D eigenvalue weighted by molar-refractivity contribution is 7.89. The van der Waals surface area contributed by atoms with Gasteiger partial charge in [0.05, 0.1) is 0 Å². The molecule has 0 aliphatic rings. The summed E-state index contributed by atoms with van der Waals surface area (Å²) in [4.78, 5) is 10.4. The predicted octanol–water partition coefficient (Wildman–Crippen LogP) is 1.47. The lowest BCUT2D eigenvalue weighted by molar-refractivity contribution is -0.114. The number of carbonyl (C=O) groups excluding carboxylic acids is 1. The summed E-state index contributed by atoms with van der Waals surface area (Å²) >= 11 is 0. The summed E-state index contributed by atoms with van der Waals surface area (Å²) in [6.45, 7) is 3.33. The van der Waals surface area contributed by atoms with Crippen molar-refractivity contribution in [2.75, 3.05) is 11.9 Å². The molecule has 0 heterocycles. The zero-order valence-corrected chi connectivity index (χ0v) is 11.0. The van der Waals surface area contributed by atoms with Gasteiger partial charge in [-0.25, -0.2) is 17.5 Å². The monoisotopic (exact) mass is 274 g/mol. The fraction of sp³-hybridized carbons (Fsp3) is 0.364. The van der Waals surface area contributed by atoms with E-state index in [2.05, 4.69) is 10.0 Å². The number of nitrogens with one attached hydrogen (secondary N) is 2. The summed E-state index contributed by atoms with van der Waals surface area (Å²) in [5, 5.41) is 2.37. The van der Waals surface area contributed by atoms with Crippen molar-refractivity contribution in [3.8, 4) is 0 Å². The van der Waals surface area contributed by atoms with Crippen LogP contribution in [0.25, 0.3) is 0 Å². The highest BCUT2D eigenvalue weighted by Gasteiger charge is 2.18. The minimum atomic E-state index is -3.84. The van der Waals surface area contributed by atoms with E-state index in [-0.39, 0.29) is 18.1 Å². The second-order valence-corrected chi connectivity index (χ2v) is 5.46. The average Bonchev–Trinajstić information content (AvgIpc) is 2.25. The molecule has 1 aromatic carbocycles. The molecule has 0 aromatic heterocycles. The van der Waals surface area contributed by atoms with Crippen LogP contribution >= 0.6 is 0 Å². The smallest absolute Gasteiger partial charge is 0.243 e. The van der Waals surface area contributed by atoms with Gasteiger partial charge in [-0.2, -0.15) is 0 Å². The zero-order valence-electron chi connectivity index (χ0n) is 10.2. The van der Waals surface area contributed by atoms with E-state index in [4.69, 9.17) is 0 Å². The first-order chi connectivity index (χ1) is 8.36. The molecule has 18 heavy (non-hydrogen) atoms. The molecular formula is C11H15FN2O3S. The molecule has 7 heteroatoms. The Morgan fingerprint density at radius 2 is 2.06 bits per heavy atom. The molecule has 0 fully saturated rings. The van der Waals surface area contributed by atoms with Crippen LogP contribution in [0, 0.1) is 5.82 Å². The number of amides is 1. The standard InChI is InChI=1S/C11H15FN2O3S/c1-3-6-13-18(16,17)11-5-4-9(7-10(11)12)14-8(2)15/h4-5,7,13H,3,6H2,1-2H3,(H,14,15). The van der Waals surface area contributed by atoms with Crippen LogP contribution in [0.15, 0.2) is 23.1 Å². The Hall–Kier alpha value is -1.47. The number of hydrogen-bond acceptors (Lipinski definition) is 3. The molecule has 0 radical (unpaired) electrons. The maximum absolute atomic E-state index is 13.7. The largest absolute Gasteiger partial charge is 0.326 e. The number of sulfonamides is 1. The number of anilines is 1. The normalized spacial score (nSPS) is 11.3. The van der Waals surface area contributed by atoms with Crippen molar-refractivity contribution < 1.29 is 17.6 Å². The third-order valence-corrected chi connectivity index (χ3v) is 3.58. The third-order valence-electron chi connectivity index (χ3n) is 2.08. The third kappa shape index (κ3) is 3.78. The van der Waals surface area contributed by atoms with Gasteiger partial charge in [0.2, 0.25) is 15.9 Å². The van der Waals surface area contributed by atoms with E-state index in [0.29, 0.717) is 6.42 Å². The van der Waals surface area contributed by atoms with Gasteiger partial charge in [-0.1, -0.05) is 6.92 Å². The van der Waals surface area contributed by atoms with Crippen LogP contribution in [-0.2, 0) is 14.8 Å². The summed E-state index contributed by atoms with van der Waals surface area (Å²) in [5.41, 5.74) is 0.217. The Morgan fingerprint density at radius 3 is 2.56 bits per heavy atom. The van der Waals surface area contributed by atoms with Crippen LogP contribution < -0.4 is 10.0 Å². The van der Waals surface area contributed by atoms with E-state index < -0.39 is 20.7 Å². The van der Waals surface area contributed by atoms with Gasteiger partial charge >= 0.3 is 0 Å². The lowest BCUT2D eigenvalue weighted by atomic mass is 10.3. The molecule has 1 amide bonds. The van der Waals surface area contributed by atoms with Crippen molar-refractivity contribution in [1.82, 2.24) is 4.72 Å². The molecular weight excluding hydrogens is 259 g/mol. The highest BCUT2D eigenvalue weighted by atomic mass is 32.2. The van der Waals surface area contributed by atoms with Gasteiger partial charge in [0.25, 0.3) is 0 Å². The number of benzene rings is 1. The lowest BCUT2D eigenvalue weighted by Gasteiger charge is -2.08. The Bertz CT molecular complexity index is 543. The number of rotatable bonds is 5. The van der Waals surface area contributed by atoms with Crippen molar-refractivity contribution >= 4 is 21.6 Å². The van der Waals surface area contributed by atoms with Gasteiger partial charge in [-0.05, 0) is 24.6 Å². The number of halogens is 1. The van der Waals surface area contributed by atoms with Crippen molar-refractivity contribution in [2.24, 2.45) is 0 Å². The van der Waals surface area contributed by atoms with Crippen LogP contribution in [0.2, 0.25) is 0 Å². The average molecular weight is 274 g/mol. The van der Waals surface area contributed by atoms with Gasteiger partial charge in [0.15, 0.2) is 0 Å². The molecule has 5 nitrogen and oxygen atoms in total. The minimum Gasteiger partial charge on any atom is -0.326 e. The molecule has 0 unspecified atom stereocenters. The van der Waals surface area contributed by atoms with E-state index >= 15 is 0 Å². The summed E-state index contributed by atoms with van der Waals surface area (Å²) in [7, 11) is -3.84. The Labute approximate surface area is 105 Å². The molecule has 1 rings (SSSR count). The van der Waals surface area contributed by atoms with Crippen LogP contribution in [0.1, 0.15) is 20.3 Å². The SMILES string of the molecule is CCCNS(=O)(=O)c1ccc(NC(C)=O)cc1F. The van der Waals surface area contributed by atoms with Gasteiger partial charge in [0.1, 0.15) is 10.7 Å². The van der Waals surface area contributed by atoms with Crippen LogP contribution in [0.3, 0.4) is 0 Å². The van der Waals surface area contributed by atoms with Crippen LogP contribution in [0.4, 0.5) is 10.1 Å². The molecule has 0 saturated carbocycles. The summed E-state index contributed by atoms with van der Waals surface area (Å²) in [6.07, 6.45) is 0.616. The summed E-state index contributed by atoms with van der Waals surface area (Å²) in [6, 6.07) is 3.44. The van der Waals surface area contributed by atoms with Crippen molar-refractivity contribution in [2.45, 2.75) is 25.2 Å². The van der Waals surface area contributed by atoms with Crippen molar-refractivity contribution in [1.29, 1.82) is 0 Å². The first-order valence-corrected chi connectivity index (χ1v) is 6.92. The maximum atomic E-state index is 13.7. The van der Waals surface area contributed by atoms with E-state index in [1.165, 1.54) is 13.0 Å². The molecule has 100 valence electrons. The van der Waals surface area contributed by atoms with E-state index in [1.54, 1.807) is 6.92 Å². The molecule has 1 aromatic rings. The first kappa shape index (κ1) is 14.6.